The van der Waals surface area contributed by atoms with Crippen molar-refractivity contribution in [3.8, 4) is 0 Å². The zero-order chi connectivity index (χ0) is 28.9. The smallest absolute Gasteiger partial charge is 0.313 e. The number of rotatable bonds is 6. The zero-order valence-electron chi connectivity index (χ0n) is 23.7. The van der Waals surface area contributed by atoms with Gasteiger partial charge in [-0.2, -0.15) is 0 Å². The summed E-state index contributed by atoms with van der Waals surface area (Å²) in [7, 11) is 0. The SMILES string of the molecule is CC[C@]12C=CCOC(=O)[C@H]1[C@H]1C(=O)N([C@@H](CO)Cc3ccccc3)C3C(=O)N(c4c(C)cccc4C)CC=C[C@@]31O2. The molecule has 1 spiro atoms. The van der Waals surface area contributed by atoms with Gasteiger partial charge in [-0.3, -0.25) is 14.4 Å². The van der Waals surface area contributed by atoms with Gasteiger partial charge in [-0.05, 0) is 49.5 Å². The van der Waals surface area contributed by atoms with Crippen LogP contribution in [-0.4, -0.2) is 70.8 Å². The number of benzene rings is 2. The van der Waals surface area contributed by atoms with E-state index in [0.717, 1.165) is 22.4 Å². The average Bonchev–Trinajstić information content (AvgIpc) is 3.25. The number of anilines is 1. The number of para-hydroxylation sites is 1. The molecule has 8 heteroatoms. The summed E-state index contributed by atoms with van der Waals surface area (Å²) in [6, 6.07) is 13.7. The van der Waals surface area contributed by atoms with Gasteiger partial charge in [-0.15, -0.1) is 0 Å². The number of carbonyl (C=O) groups excluding carboxylic acids is 3. The summed E-state index contributed by atoms with van der Waals surface area (Å²) in [6.45, 7) is 5.88. The molecule has 0 saturated carbocycles. The molecule has 1 N–H and O–H groups in total. The predicted molar refractivity (Wildman–Crippen MR) is 153 cm³/mol. The number of aliphatic hydroxyl groups is 1. The summed E-state index contributed by atoms with van der Waals surface area (Å²) in [4.78, 5) is 46.2. The second kappa shape index (κ2) is 10.3. The maximum Gasteiger partial charge on any atom is 0.313 e. The molecule has 6 atom stereocenters. The van der Waals surface area contributed by atoms with Crippen molar-refractivity contribution in [2.75, 3.05) is 24.7 Å². The highest BCUT2D eigenvalue weighted by atomic mass is 16.6. The summed E-state index contributed by atoms with van der Waals surface area (Å²) in [6.07, 6.45) is 8.07. The van der Waals surface area contributed by atoms with Gasteiger partial charge in [-0.1, -0.05) is 73.7 Å². The molecule has 0 aromatic heterocycles. The highest BCUT2D eigenvalue weighted by Gasteiger charge is 2.76. The molecule has 0 radical (unpaired) electrons. The monoisotopic (exact) mass is 556 g/mol. The van der Waals surface area contributed by atoms with Crippen molar-refractivity contribution in [3.05, 3.63) is 89.5 Å². The van der Waals surface area contributed by atoms with Crippen molar-refractivity contribution in [3.63, 3.8) is 0 Å². The van der Waals surface area contributed by atoms with Crippen LogP contribution in [0, 0.1) is 25.7 Å². The minimum atomic E-state index is -1.41. The minimum Gasteiger partial charge on any atom is -0.461 e. The Kier molecular flexibility index (Phi) is 6.86. The third-order valence-corrected chi connectivity index (χ3v) is 9.26. The number of nitrogens with zero attached hydrogens (tertiary/aromatic N) is 2. The molecule has 41 heavy (non-hydrogen) atoms. The molecule has 2 fully saturated rings. The molecule has 4 aliphatic heterocycles. The van der Waals surface area contributed by atoms with E-state index in [1.807, 2.05) is 87.5 Å². The summed E-state index contributed by atoms with van der Waals surface area (Å²) in [5.74, 6) is -3.08. The molecule has 2 aromatic rings. The molecule has 214 valence electrons. The first kappa shape index (κ1) is 27.4. The van der Waals surface area contributed by atoms with Crippen molar-refractivity contribution in [1.82, 2.24) is 4.90 Å². The maximum atomic E-state index is 14.8. The van der Waals surface area contributed by atoms with Gasteiger partial charge >= 0.3 is 5.97 Å². The van der Waals surface area contributed by atoms with Crippen molar-refractivity contribution in [2.45, 2.75) is 56.9 Å². The van der Waals surface area contributed by atoms with Gasteiger partial charge in [0, 0.05) is 12.2 Å². The number of likely N-dealkylation sites (tertiary alicyclic amines) is 1. The molecular weight excluding hydrogens is 520 g/mol. The van der Waals surface area contributed by atoms with Gasteiger partial charge in [0.15, 0.2) is 0 Å². The fourth-order valence-corrected chi connectivity index (χ4v) is 7.50. The van der Waals surface area contributed by atoms with Crippen LogP contribution in [0.25, 0.3) is 0 Å². The number of amides is 2. The number of cyclic esters (lactones) is 1. The average molecular weight is 557 g/mol. The van der Waals surface area contributed by atoms with Crippen LogP contribution in [0.5, 0.6) is 0 Å². The van der Waals surface area contributed by atoms with Crippen LogP contribution >= 0.6 is 0 Å². The first-order valence-electron chi connectivity index (χ1n) is 14.3. The van der Waals surface area contributed by atoms with E-state index in [-0.39, 0.29) is 31.6 Å². The van der Waals surface area contributed by atoms with Crippen molar-refractivity contribution in [2.24, 2.45) is 11.8 Å². The maximum absolute atomic E-state index is 14.8. The molecular formula is C33H36N2O6. The van der Waals surface area contributed by atoms with Gasteiger partial charge in [0.05, 0.1) is 18.6 Å². The van der Waals surface area contributed by atoms with Gasteiger partial charge in [0.1, 0.15) is 29.8 Å². The van der Waals surface area contributed by atoms with E-state index >= 15 is 0 Å². The quantitative estimate of drug-likeness (QED) is 0.434. The van der Waals surface area contributed by atoms with Crippen LogP contribution in [0.2, 0.25) is 0 Å². The molecule has 6 rings (SSSR count). The van der Waals surface area contributed by atoms with Crippen molar-refractivity contribution in [1.29, 1.82) is 0 Å². The van der Waals surface area contributed by atoms with Crippen molar-refractivity contribution >= 4 is 23.5 Å². The number of aryl methyl sites for hydroxylation is 2. The van der Waals surface area contributed by atoms with E-state index in [9.17, 15) is 19.5 Å². The Morgan fingerprint density at radius 3 is 2.37 bits per heavy atom. The lowest BCUT2D eigenvalue weighted by Crippen LogP contribution is -2.59. The molecule has 4 aliphatic rings. The highest BCUT2D eigenvalue weighted by molar-refractivity contribution is 6.06. The van der Waals surface area contributed by atoms with E-state index in [1.54, 1.807) is 11.0 Å². The van der Waals surface area contributed by atoms with E-state index in [1.165, 1.54) is 4.90 Å². The fourth-order valence-electron chi connectivity index (χ4n) is 7.50. The molecule has 0 bridgehead atoms. The third-order valence-electron chi connectivity index (χ3n) is 9.26. The van der Waals surface area contributed by atoms with Gasteiger partial charge in [0.25, 0.3) is 5.91 Å². The second-order valence-corrected chi connectivity index (χ2v) is 11.5. The first-order chi connectivity index (χ1) is 19.8. The van der Waals surface area contributed by atoms with E-state index in [0.29, 0.717) is 12.8 Å². The minimum absolute atomic E-state index is 0.101. The Morgan fingerprint density at radius 2 is 1.68 bits per heavy atom. The number of carbonyl (C=O) groups is 3. The highest BCUT2D eigenvalue weighted by Crippen LogP contribution is 2.59. The zero-order valence-corrected chi connectivity index (χ0v) is 23.7. The third kappa shape index (κ3) is 4.07. The standard InChI is InChI=1S/C33H36N2O6/c1-4-32-15-10-18-40-31(39)26(32)25-29(37)35(24(20-36)19-23-13-6-5-7-14-23)28-30(38)34(17-9-16-33(25,28)41-32)27-21(2)11-8-12-22(27)3/h5-16,24-26,28,36H,4,17-20H2,1-3H3/t24-,25+,26-,28?,32+,33+/m1/s1. The molecule has 2 aromatic carbocycles. The molecule has 4 heterocycles. The van der Waals surface area contributed by atoms with Crippen molar-refractivity contribution < 1.29 is 29.0 Å². The lowest BCUT2D eigenvalue weighted by atomic mass is 9.73. The van der Waals surface area contributed by atoms with Gasteiger partial charge in [-0.25, -0.2) is 0 Å². The Bertz CT molecular complexity index is 1420. The van der Waals surface area contributed by atoms with Crippen LogP contribution in [0.15, 0.2) is 72.8 Å². The number of hydrogen-bond donors (Lipinski definition) is 1. The Morgan fingerprint density at radius 1 is 0.951 bits per heavy atom. The van der Waals surface area contributed by atoms with Gasteiger partial charge < -0.3 is 24.4 Å². The lowest BCUT2D eigenvalue weighted by molar-refractivity contribution is -0.159. The number of hydrogen-bond acceptors (Lipinski definition) is 6. The van der Waals surface area contributed by atoms with E-state index in [2.05, 4.69) is 0 Å². The summed E-state index contributed by atoms with van der Waals surface area (Å²) < 4.78 is 12.5. The number of ether oxygens (including phenoxy) is 2. The molecule has 8 nitrogen and oxygen atoms in total. The normalized spacial score (nSPS) is 31.3. The molecule has 1 unspecified atom stereocenters. The molecule has 2 amide bonds. The Labute approximate surface area is 240 Å². The molecule has 0 aliphatic carbocycles. The van der Waals surface area contributed by atoms with Crippen LogP contribution in [0.1, 0.15) is 30.0 Å². The number of esters is 1. The topological polar surface area (TPSA) is 96.4 Å². The van der Waals surface area contributed by atoms with E-state index in [4.69, 9.17) is 9.47 Å². The number of aliphatic hydroxyl groups excluding tert-OH is 1. The predicted octanol–water partition coefficient (Wildman–Crippen LogP) is 3.28. The Balaban J connectivity index is 1.53. The summed E-state index contributed by atoms with van der Waals surface area (Å²) in [5, 5.41) is 10.7. The number of fused-ring (bicyclic) bond motifs is 2. The van der Waals surface area contributed by atoms with E-state index < -0.39 is 41.1 Å². The summed E-state index contributed by atoms with van der Waals surface area (Å²) in [5.41, 5.74) is 1.08. The molecule has 2 saturated heterocycles. The summed E-state index contributed by atoms with van der Waals surface area (Å²) >= 11 is 0. The van der Waals surface area contributed by atoms with Gasteiger partial charge in [0.2, 0.25) is 5.91 Å². The van der Waals surface area contributed by atoms with Crippen LogP contribution in [0.3, 0.4) is 0 Å². The first-order valence-corrected chi connectivity index (χ1v) is 14.3. The fraction of sp³-hybridized carbons (Fsp3) is 0.424. The Hall–Kier alpha value is -3.75. The largest absolute Gasteiger partial charge is 0.461 e. The van der Waals surface area contributed by atoms with Crippen LogP contribution in [-0.2, 0) is 30.3 Å². The lowest BCUT2D eigenvalue weighted by Gasteiger charge is -2.41. The second-order valence-electron chi connectivity index (χ2n) is 11.5. The van der Waals surface area contributed by atoms with Crippen LogP contribution in [0.4, 0.5) is 5.69 Å². The van der Waals surface area contributed by atoms with Crippen LogP contribution < -0.4 is 4.90 Å².